The number of fused-ring (bicyclic) bond motifs is 1. The molecule has 1 aliphatic carbocycles. The van der Waals surface area contributed by atoms with Crippen LogP contribution in [-0.4, -0.2) is 24.8 Å². The van der Waals surface area contributed by atoms with Gasteiger partial charge in [-0.2, -0.15) is 5.26 Å². The Kier molecular flexibility index (Phi) is 2.90. The average molecular weight is 264 g/mol. The van der Waals surface area contributed by atoms with E-state index in [9.17, 15) is 0 Å². The molecule has 1 aliphatic heterocycles. The molecular weight excluding hydrogens is 250 g/mol. The Hall–Kier alpha value is -1.28. The van der Waals surface area contributed by atoms with Crippen LogP contribution in [0.25, 0.3) is 0 Å². The van der Waals surface area contributed by atoms with E-state index in [4.69, 9.17) is 27.3 Å². The molecule has 1 saturated carbocycles. The van der Waals surface area contributed by atoms with E-state index in [0.717, 1.165) is 18.7 Å². The molecule has 4 unspecified atom stereocenters. The van der Waals surface area contributed by atoms with Gasteiger partial charge in [0.25, 0.3) is 0 Å². The van der Waals surface area contributed by atoms with Gasteiger partial charge in [-0.3, -0.25) is 0 Å². The maximum Gasteiger partial charge on any atom is 0.103 e. The number of hydrogen-bond donors (Lipinski definition) is 2. The number of nitriles is 1. The molecule has 3 N–H and O–H groups in total. The largest absolute Gasteiger partial charge is 0.377 e. The molecule has 0 aromatic heterocycles. The number of ether oxygens (including phenoxy) is 1. The predicted molar refractivity (Wildman–Crippen MR) is 69.4 cm³/mol. The monoisotopic (exact) mass is 263 g/mol. The molecule has 5 heteroatoms. The van der Waals surface area contributed by atoms with Gasteiger partial charge in [0.2, 0.25) is 0 Å². The maximum atomic E-state index is 9.12. The Morgan fingerprint density at radius 2 is 2.33 bits per heavy atom. The van der Waals surface area contributed by atoms with E-state index in [1.165, 1.54) is 0 Å². The molecule has 1 saturated heterocycles. The van der Waals surface area contributed by atoms with Crippen molar-refractivity contribution in [1.82, 2.24) is 0 Å². The predicted octanol–water partition coefficient (Wildman–Crippen LogP) is 1.74. The van der Waals surface area contributed by atoms with Gasteiger partial charge in [0.05, 0.1) is 28.4 Å². The minimum absolute atomic E-state index is 0.0723. The summed E-state index contributed by atoms with van der Waals surface area (Å²) < 4.78 is 5.65. The summed E-state index contributed by atoms with van der Waals surface area (Å²) in [7, 11) is 0. The van der Waals surface area contributed by atoms with E-state index in [1.807, 2.05) is 12.1 Å². The van der Waals surface area contributed by atoms with Gasteiger partial charge in [0.15, 0.2) is 0 Å². The van der Waals surface area contributed by atoms with E-state index in [0.29, 0.717) is 16.5 Å². The summed E-state index contributed by atoms with van der Waals surface area (Å²) in [5, 5.41) is 12.9. The Bertz CT molecular complexity index is 513. The van der Waals surface area contributed by atoms with Gasteiger partial charge in [-0.25, -0.2) is 0 Å². The number of anilines is 1. The lowest BCUT2D eigenvalue weighted by Crippen LogP contribution is -2.65. The van der Waals surface area contributed by atoms with Crippen molar-refractivity contribution in [3.8, 4) is 6.07 Å². The standard InChI is InChI=1S/C13H14ClN3O/c14-9-2-1-3-10(8(9)6-15)17-12-11(16)7-4-5-18-13(7)12/h1-3,7,11-13,17H,4-5,16H2. The van der Waals surface area contributed by atoms with Crippen molar-refractivity contribution in [3.05, 3.63) is 28.8 Å². The minimum atomic E-state index is 0.0723. The van der Waals surface area contributed by atoms with Gasteiger partial charge in [0, 0.05) is 18.6 Å². The highest BCUT2D eigenvalue weighted by Crippen LogP contribution is 2.40. The van der Waals surface area contributed by atoms with Crippen LogP contribution in [0.1, 0.15) is 12.0 Å². The van der Waals surface area contributed by atoms with Gasteiger partial charge in [-0.1, -0.05) is 17.7 Å². The zero-order valence-electron chi connectivity index (χ0n) is 9.77. The lowest BCUT2D eigenvalue weighted by atomic mass is 9.72. The van der Waals surface area contributed by atoms with Crippen LogP contribution in [0, 0.1) is 17.2 Å². The number of benzene rings is 1. The van der Waals surface area contributed by atoms with Gasteiger partial charge in [-0.05, 0) is 18.6 Å². The van der Waals surface area contributed by atoms with Crippen LogP contribution in [0.4, 0.5) is 5.69 Å². The topological polar surface area (TPSA) is 71.1 Å². The molecule has 4 atom stereocenters. The Labute approximate surface area is 111 Å². The molecule has 0 bridgehead atoms. The first-order valence-electron chi connectivity index (χ1n) is 6.04. The van der Waals surface area contributed by atoms with Crippen molar-refractivity contribution in [3.63, 3.8) is 0 Å². The number of rotatable bonds is 2. The van der Waals surface area contributed by atoms with Crippen LogP contribution in [0.2, 0.25) is 5.02 Å². The molecule has 2 aliphatic rings. The normalized spacial score (nSPS) is 33.4. The molecule has 1 aromatic rings. The molecule has 0 amide bonds. The third-order valence-corrected chi connectivity index (χ3v) is 4.21. The number of nitrogens with two attached hydrogens (primary N) is 1. The van der Waals surface area contributed by atoms with Crippen molar-refractivity contribution in [2.75, 3.05) is 11.9 Å². The molecule has 2 fully saturated rings. The summed E-state index contributed by atoms with van der Waals surface area (Å²) in [6.07, 6.45) is 1.20. The third kappa shape index (κ3) is 1.67. The fraction of sp³-hybridized carbons (Fsp3) is 0.462. The second-order valence-electron chi connectivity index (χ2n) is 4.81. The number of halogens is 1. The zero-order valence-corrected chi connectivity index (χ0v) is 10.5. The van der Waals surface area contributed by atoms with Crippen LogP contribution in [0.5, 0.6) is 0 Å². The Morgan fingerprint density at radius 1 is 1.50 bits per heavy atom. The Morgan fingerprint density at radius 3 is 3.11 bits per heavy atom. The summed E-state index contributed by atoms with van der Waals surface area (Å²) in [4.78, 5) is 0. The molecule has 4 nitrogen and oxygen atoms in total. The number of nitrogens with one attached hydrogen (secondary N) is 1. The van der Waals surface area contributed by atoms with Crippen LogP contribution < -0.4 is 11.1 Å². The summed E-state index contributed by atoms with van der Waals surface area (Å²) in [5.74, 6) is 0.451. The van der Waals surface area contributed by atoms with Crippen LogP contribution >= 0.6 is 11.6 Å². The second-order valence-corrected chi connectivity index (χ2v) is 5.22. The molecule has 1 aromatic carbocycles. The van der Waals surface area contributed by atoms with Crippen LogP contribution in [0.15, 0.2) is 18.2 Å². The van der Waals surface area contributed by atoms with E-state index < -0.39 is 0 Å². The maximum absolute atomic E-state index is 9.12. The molecule has 1 heterocycles. The van der Waals surface area contributed by atoms with Crippen molar-refractivity contribution < 1.29 is 4.74 Å². The molecule has 3 rings (SSSR count). The van der Waals surface area contributed by atoms with Crippen molar-refractivity contribution >= 4 is 17.3 Å². The quantitative estimate of drug-likeness (QED) is 0.853. The highest BCUT2D eigenvalue weighted by Gasteiger charge is 2.52. The first kappa shape index (κ1) is 11.8. The van der Waals surface area contributed by atoms with Gasteiger partial charge < -0.3 is 15.8 Å². The molecule has 18 heavy (non-hydrogen) atoms. The summed E-state index contributed by atoms with van der Waals surface area (Å²) >= 11 is 6.00. The van der Waals surface area contributed by atoms with E-state index in [2.05, 4.69) is 11.4 Å². The van der Waals surface area contributed by atoms with E-state index in [-0.39, 0.29) is 18.2 Å². The molecular formula is C13H14ClN3O. The van der Waals surface area contributed by atoms with E-state index in [1.54, 1.807) is 6.07 Å². The zero-order chi connectivity index (χ0) is 12.7. The number of hydrogen-bond acceptors (Lipinski definition) is 4. The Balaban J connectivity index is 1.82. The molecule has 0 spiro atoms. The summed E-state index contributed by atoms with van der Waals surface area (Å²) in [6, 6.07) is 7.65. The summed E-state index contributed by atoms with van der Waals surface area (Å²) in [5.41, 5.74) is 7.33. The minimum Gasteiger partial charge on any atom is -0.377 e. The highest BCUT2D eigenvalue weighted by molar-refractivity contribution is 6.32. The van der Waals surface area contributed by atoms with E-state index >= 15 is 0 Å². The average Bonchev–Trinajstić information content (AvgIpc) is 2.80. The van der Waals surface area contributed by atoms with Crippen molar-refractivity contribution in [1.29, 1.82) is 5.26 Å². The SMILES string of the molecule is N#Cc1c(Cl)cccc1NC1C(N)C2CCOC21. The van der Waals surface area contributed by atoms with Gasteiger partial charge >= 0.3 is 0 Å². The van der Waals surface area contributed by atoms with Crippen molar-refractivity contribution in [2.45, 2.75) is 24.6 Å². The second kappa shape index (κ2) is 4.43. The van der Waals surface area contributed by atoms with Crippen molar-refractivity contribution in [2.24, 2.45) is 11.7 Å². The molecule has 94 valence electrons. The fourth-order valence-corrected chi connectivity index (χ4v) is 3.08. The first-order chi connectivity index (χ1) is 8.72. The first-order valence-corrected chi connectivity index (χ1v) is 6.42. The summed E-state index contributed by atoms with van der Waals surface area (Å²) in [6.45, 7) is 0.780. The lowest BCUT2D eigenvalue weighted by molar-refractivity contribution is 0.00537. The van der Waals surface area contributed by atoms with Gasteiger partial charge in [0.1, 0.15) is 6.07 Å². The smallest absolute Gasteiger partial charge is 0.103 e. The lowest BCUT2D eigenvalue weighted by Gasteiger charge is -2.46. The highest BCUT2D eigenvalue weighted by atomic mass is 35.5. The van der Waals surface area contributed by atoms with Crippen LogP contribution in [0.3, 0.4) is 0 Å². The van der Waals surface area contributed by atoms with Crippen LogP contribution in [-0.2, 0) is 4.74 Å². The number of nitrogens with zero attached hydrogens (tertiary/aromatic N) is 1. The van der Waals surface area contributed by atoms with Gasteiger partial charge in [-0.15, -0.1) is 0 Å². The molecule has 0 radical (unpaired) electrons. The fourth-order valence-electron chi connectivity index (χ4n) is 2.87. The third-order valence-electron chi connectivity index (χ3n) is 3.89.